The van der Waals surface area contributed by atoms with E-state index in [1.807, 2.05) is 0 Å². The van der Waals surface area contributed by atoms with Crippen LogP contribution in [0.5, 0.6) is 0 Å². The fraction of sp³-hybridized carbons (Fsp3) is 0.190. The van der Waals surface area contributed by atoms with Gasteiger partial charge in [-0.2, -0.15) is 0 Å². The van der Waals surface area contributed by atoms with E-state index < -0.39 is 11.7 Å². The molecule has 2 aromatic carbocycles. The number of hydrogen-bond acceptors (Lipinski definition) is 4. The zero-order valence-electron chi connectivity index (χ0n) is 16.1. The molecule has 3 rings (SSSR count). The summed E-state index contributed by atoms with van der Waals surface area (Å²) in [4.78, 5) is 26.1. The number of benzene rings is 2. The number of anilines is 1. The highest BCUT2D eigenvalue weighted by atomic mass is 35.5. The Kier molecular flexibility index (Phi) is 5.98. The molecule has 0 aliphatic rings. The van der Waals surface area contributed by atoms with E-state index in [4.69, 9.17) is 16.1 Å². The predicted molar refractivity (Wildman–Crippen MR) is 108 cm³/mol. The highest BCUT2D eigenvalue weighted by Crippen LogP contribution is 2.33. The lowest BCUT2D eigenvalue weighted by molar-refractivity contribution is -0.127. The average molecular weight is 416 g/mol. The van der Waals surface area contributed by atoms with E-state index in [-0.39, 0.29) is 39.9 Å². The molecule has 29 heavy (non-hydrogen) atoms. The number of nitrogens with zero attached hydrogens (tertiary/aromatic N) is 2. The van der Waals surface area contributed by atoms with Gasteiger partial charge in [0, 0.05) is 19.8 Å². The zero-order valence-corrected chi connectivity index (χ0v) is 16.9. The van der Waals surface area contributed by atoms with Gasteiger partial charge >= 0.3 is 0 Å². The summed E-state index contributed by atoms with van der Waals surface area (Å²) in [6.45, 7) is 1.57. The van der Waals surface area contributed by atoms with Gasteiger partial charge in [0.1, 0.15) is 22.8 Å². The second-order valence-corrected chi connectivity index (χ2v) is 7.08. The van der Waals surface area contributed by atoms with Crippen molar-refractivity contribution < 1.29 is 18.5 Å². The molecule has 0 bridgehead atoms. The molecular weight excluding hydrogens is 397 g/mol. The highest BCUT2D eigenvalue weighted by Gasteiger charge is 2.25. The first-order valence-electron chi connectivity index (χ1n) is 8.79. The number of halogens is 2. The van der Waals surface area contributed by atoms with Gasteiger partial charge in [-0.1, -0.05) is 35.0 Å². The van der Waals surface area contributed by atoms with E-state index in [0.717, 1.165) is 5.56 Å². The van der Waals surface area contributed by atoms with Crippen LogP contribution in [-0.4, -0.2) is 36.0 Å². The van der Waals surface area contributed by atoms with Gasteiger partial charge in [0.05, 0.1) is 17.0 Å². The second-order valence-electron chi connectivity index (χ2n) is 6.68. The first-order chi connectivity index (χ1) is 13.8. The normalized spacial score (nSPS) is 10.7. The van der Waals surface area contributed by atoms with Gasteiger partial charge in [-0.15, -0.1) is 0 Å². The van der Waals surface area contributed by atoms with Gasteiger partial charge in [-0.3, -0.25) is 9.59 Å². The molecule has 0 unspecified atom stereocenters. The van der Waals surface area contributed by atoms with Gasteiger partial charge < -0.3 is 14.7 Å². The SMILES string of the molecule is Cc1onc(-c2c(F)cccc2Cl)c1C(=O)Nc1ccc(CC(=O)N(C)C)cc1. The molecule has 0 atom stereocenters. The van der Waals surface area contributed by atoms with Crippen LogP contribution in [0.15, 0.2) is 47.0 Å². The summed E-state index contributed by atoms with van der Waals surface area (Å²) in [5.41, 5.74) is 1.48. The molecule has 0 fully saturated rings. The minimum absolute atomic E-state index is 0.00807. The van der Waals surface area contributed by atoms with Crippen LogP contribution in [0.1, 0.15) is 21.7 Å². The maximum atomic E-state index is 14.3. The van der Waals surface area contributed by atoms with E-state index in [1.165, 1.54) is 23.1 Å². The van der Waals surface area contributed by atoms with Gasteiger partial charge in [0.15, 0.2) is 0 Å². The Morgan fingerprint density at radius 2 is 1.86 bits per heavy atom. The van der Waals surface area contributed by atoms with Crippen molar-refractivity contribution in [1.29, 1.82) is 0 Å². The van der Waals surface area contributed by atoms with Crippen LogP contribution in [0.2, 0.25) is 5.02 Å². The Balaban J connectivity index is 1.84. The lowest BCUT2D eigenvalue weighted by Crippen LogP contribution is -2.23. The molecule has 150 valence electrons. The third-order valence-corrected chi connectivity index (χ3v) is 4.67. The molecular formula is C21H19ClFN3O3. The van der Waals surface area contributed by atoms with E-state index in [2.05, 4.69) is 10.5 Å². The van der Waals surface area contributed by atoms with Crippen molar-refractivity contribution in [2.75, 3.05) is 19.4 Å². The topological polar surface area (TPSA) is 75.4 Å². The average Bonchev–Trinajstić information content (AvgIpc) is 3.04. The van der Waals surface area contributed by atoms with Crippen LogP contribution >= 0.6 is 11.6 Å². The molecule has 1 aromatic heterocycles. The molecule has 0 saturated heterocycles. The summed E-state index contributed by atoms with van der Waals surface area (Å²) in [5, 5.41) is 6.70. The number of carbonyl (C=O) groups is 2. The first-order valence-corrected chi connectivity index (χ1v) is 9.17. The lowest BCUT2D eigenvalue weighted by atomic mass is 10.0. The Hall–Kier alpha value is -3.19. The van der Waals surface area contributed by atoms with Gasteiger partial charge in [0.2, 0.25) is 5.91 Å². The highest BCUT2D eigenvalue weighted by molar-refractivity contribution is 6.33. The molecule has 1 heterocycles. The standard InChI is InChI=1S/C21H19ClFN3O3/c1-12-18(20(25-29-12)19-15(22)5-4-6-16(19)23)21(28)24-14-9-7-13(8-10-14)11-17(27)26(2)3/h4-10H,11H2,1-3H3,(H,24,28). The molecule has 0 saturated carbocycles. The zero-order chi connectivity index (χ0) is 21.1. The first kappa shape index (κ1) is 20.5. The van der Waals surface area contributed by atoms with Gasteiger partial charge in [-0.05, 0) is 36.8 Å². The Morgan fingerprint density at radius 3 is 2.48 bits per heavy atom. The lowest BCUT2D eigenvalue weighted by Gasteiger charge is -2.11. The maximum Gasteiger partial charge on any atom is 0.261 e. The number of rotatable bonds is 5. The van der Waals surface area contributed by atoms with E-state index in [1.54, 1.807) is 45.3 Å². The molecule has 8 heteroatoms. The van der Waals surface area contributed by atoms with E-state index in [0.29, 0.717) is 5.69 Å². The number of aromatic nitrogens is 1. The number of hydrogen-bond donors (Lipinski definition) is 1. The minimum Gasteiger partial charge on any atom is -0.360 e. The molecule has 1 N–H and O–H groups in total. The fourth-order valence-corrected chi connectivity index (χ4v) is 3.02. The quantitative estimate of drug-likeness (QED) is 0.673. The van der Waals surface area contributed by atoms with Crippen molar-refractivity contribution in [3.8, 4) is 11.3 Å². The van der Waals surface area contributed by atoms with Crippen LogP contribution in [0.3, 0.4) is 0 Å². The van der Waals surface area contributed by atoms with Crippen LogP contribution in [0.4, 0.5) is 10.1 Å². The second kappa shape index (κ2) is 8.45. The van der Waals surface area contributed by atoms with Crippen molar-refractivity contribution in [3.63, 3.8) is 0 Å². The van der Waals surface area contributed by atoms with Gasteiger partial charge in [0.25, 0.3) is 5.91 Å². The number of aryl methyl sites for hydroxylation is 1. The van der Waals surface area contributed by atoms with Crippen LogP contribution < -0.4 is 5.32 Å². The smallest absolute Gasteiger partial charge is 0.261 e. The third-order valence-electron chi connectivity index (χ3n) is 4.36. The summed E-state index contributed by atoms with van der Waals surface area (Å²) in [6.07, 6.45) is 0.266. The molecule has 0 aliphatic heterocycles. The van der Waals surface area contributed by atoms with Crippen molar-refractivity contribution in [2.45, 2.75) is 13.3 Å². The van der Waals surface area contributed by atoms with Gasteiger partial charge in [-0.25, -0.2) is 4.39 Å². The summed E-state index contributed by atoms with van der Waals surface area (Å²) < 4.78 is 19.4. The summed E-state index contributed by atoms with van der Waals surface area (Å²) >= 11 is 6.11. The molecule has 3 aromatic rings. The molecule has 2 amide bonds. The monoisotopic (exact) mass is 415 g/mol. The Labute approximate surface area is 172 Å². The van der Waals surface area contributed by atoms with Crippen LogP contribution in [0.25, 0.3) is 11.3 Å². The van der Waals surface area contributed by atoms with Crippen molar-refractivity contribution in [1.82, 2.24) is 10.1 Å². The molecule has 0 aliphatic carbocycles. The predicted octanol–water partition coefficient (Wildman–Crippen LogP) is 4.33. The molecule has 0 radical (unpaired) electrons. The summed E-state index contributed by atoms with van der Waals surface area (Å²) in [5.74, 6) is -0.886. The van der Waals surface area contributed by atoms with Crippen molar-refractivity contribution >= 4 is 29.1 Å². The summed E-state index contributed by atoms with van der Waals surface area (Å²) in [6, 6.07) is 11.1. The number of nitrogens with one attached hydrogen (secondary N) is 1. The largest absolute Gasteiger partial charge is 0.360 e. The maximum absolute atomic E-state index is 14.3. The van der Waals surface area contributed by atoms with Crippen LogP contribution in [0, 0.1) is 12.7 Å². The molecule has 0 spiro atoms. The number of carbonyl (C=O) groups excluding carboxylic acids is 2. The Morgan fingerprint density at radius 1 is 1.17 bits per heavy atom. The van der Waals surface area contributed by atoms with Crippen LogP contribution in [-0.2, 0) is 11.2 Å². The number of amides is 2. The molecule has 6 nitrogen and oxygen atoms in total. The summed E-state index contributed by atoms with van der Waals surface area (Å²) in [7, 11) is 3.38. The van der Waals surface area contributed by atoms with Crippen molar-refractivity contribution in [2.24, 2.45) is 0 Å². The fourth-order valence-electron chi connectivity index (χ4n) is 2.77. The third kappa shape index (κ3) is 4.46. The van der Waals surface area contributed by atoms with E-state index >= 15 is 0 Å². The minimum atomic E-state index is -0.602. The van der Waals surface area contributed by atoms with Crippen molar-refractivity contribution in [3.05, 3.63) is 70.2 Å². The Bertz CT molecular complexity index is 1040. The van der Waals surface area contributed by atoms with E-state index in [9.17, 15) is 14.0 Å². The number of likely N-dealkylation sites (N-methyl/N-ethyl adjacent to an activating group) is 1.